The van der Waals surface area contributed by atoms with Crippen LogP contribution in [0, 0.1) is 5.82 Å². The largest absolute Gasteiger partial charge is 0.478 e. The number of carbonyl (C=O) groups is 2. The predicted octanol–water partition coefficient (Wildman–Crippen LogP) is 5.01. The van der Waals surface area contributed by atoms with Gasteiger partial charge in [-0.05, 0) is 80.5 Å². The third kappa shape index (κ3) is 5.68. The highest BCUT2D eigenvalue weighted by molar-refractivity contribution is 5.99. The summed E-state index contributed by atoms with van der Waals surface area (Å²) in [5.74, 6) is 0.302. The van der Waals surface area contributed by atoms with Gasteiger partial charge in [-0.15, -0.1) is 0 Å². The highest BCUT2D eigenvalue weighted by atomic mass is 19.1. The second-order valence-electron chi connectivity index (χ2n) is 11.1. The van der Waals surface area contributed by atoms with E-state index in [2.05, 4.69) is 16.0 Å². The summed E-state index contributed by atoms with van der Waals surface area (Å²) in [6.45, 7) is 5.54. The minimum atomic E-state index is -0.491. The number of likely N-dealkylation sites (tertiary alicyclic amines) is 1. The van der Waals surface area contributed by atoms with Gasteiger partial charge in [0.2, 0.25) is 5.88 Å². The van der Waals surface area contributed by atoms with Gasteiger partial charge in [0.05, 0.1) is 36.2 Å². The maximum atomic E-state index is 13.6. The second-order valence-corrected chi connectivity index (χ2v) is 11.1. The lowest BCUT2D eigenvalue weighted by Gasteiger charge is -2.40. The molecule has 2 aliphatic heterocycles. The average Bonchev–Trinajstić information content (AvgIpc) is 3.84. The molecule has 8 nitrogen and oxygen atoms in total. The van der Waals surface area contributed by atoms with Crippen LogP contribution in [0.2, 0.25) is 0 Å². The first-order valence-electron chi connectivity index (χ1n) is 14.5. The summed E-state index contributed by atoms with van der Waals surface area (Å²) in [5, 5.41) is 0. The highest BCUT2D eigenvalue weighted by Gasteiger charge is 2.34. The first kappa shape index (κ1) is 27.3. The first-order valence-corrected chi connectivity index (χ1v) is 14.5. The van der Waals surface area contributed by atoms with Gasteiger partial charge < -0.3 is 14.4 Å². The number of ether oxygens (including phenoxy) is 2. The van der Waals surface area contributed by atoms with Crippen molar-refractivity contribution in [2.75, 3.05) is 33.4 Å². The maximum absolute atomic E-state index is 13.6. The van der Waals surface area contributed by atoms with Gasteiger partial charge in [0, 0.05) is 56.0 Å². The number of methoxy groups -OCH3 is 1. The molecule has 0 radical (unpaired) electrons. The molecule has 2 aromatic heterocycles. The Labute approximate surface area is 239 Å². The molecular formula is C32H35FN4O4. The van der Waals surface area contributed by atoms with Gasteiger partial charge in [-0.3, -0.25) is 14.7 Å². The van der Waals surface area contributed by atoms with Crippen LogP contribution in [0.4, 0.5) is 4.39 Å². The zero-order chi connectivity index (χ0) is 28.5. The van der Waals surface area contributed by atoms with E-state index < -0.39 is 5.97 Å². The number of fused-ring (bicyclic) bond motifs is 1. The molecular weight excluding hydrogens is 523 g/mol. The Morgan fingerprint density at radius 2 is 1.83 bits per heavy atom. The lowest BCUT2D eigenvalue weighted by Crippen LogP contribution is -2.50. The van der Waals surface area contributed by atoms with Crippen LogP contribution in [0.5, 0.6) is 5.88 Å². The molecule has 1 amide bonds. The monoisotopic (exact) mass is 558 g/mol. The van der Waals surface area contributed by atoms with E-state index in [-0.39, 0.29) is 17.8 Å². The molecule has 9 heteroatoms. The Hall–Kier alpha value is -3.85. The molecule has 0 unspecified atom stereocenters. The molecule has 1 saturated heterocycles. The summed E-state index contributed by atoms with van der Waals surface area (Å²) in [5.41, 5.74) is 5.61. The van der Waals surface area contributed by atoms with Crippen molar-refractivity contribution in [3.8, 4) is 17.1 Å². The number of esters is 1. The van der Waals surface area contributed by atoms with Crippen LogP contribution in [-0.4, -0.2) is 71.0 Å². The van der Waals surface area contributed by atoms with Gasteiger partial charge >= 0.3 is 5.97 Å². The fourth-order valence-electron chi connectivity index (χ4n) is 6.04. The van der Waals surface area contributed by atoms with Crippen molar-refractivity contribution in [2.24, 2.45) is 0 Å². The zero-order valence-electron chi connectivity index (χ0n) is 23.6. The first-order chi connectivity index (χ1) is 19.9. The Kier molecular flexibility index (Phi) is 7.71. The van der Waals surface area contributed by atoms with Crippen molar-refractivity contribution in [3.05, 3.63) is 76.4 Å². The Morgan fingerprint density at radius 1 is 1.07 bits per heavy atom. The summed E-state index contributed by atoms with van der Waals surface area (Å²) < 4.78 is 24.4. The van der Waals surface area contributed by atoms with E-state index in [0.29, 0.717) is 42.5 Å². The van der Waals surface area contributed by atoms with Gasteiger partial charge in [0.15, 0.2) is 0 Å². The summed E-state index contributed by atoms with van der Waals surface area (Å²) in [6, 6.07) is 10.5. The molecule has 1 saturated carbocycles. The van der Waals surface area contributed by atoms with Crippen LogP contribution in [0.25, 0.3) is 11.3 Å². The van der Waals surface area contributed by atoms with Crippen LogP contribution in [-0.2, 0) is 17.7 Å². The number of hydrogen-bond donors (Lipinski definition) is 0. The lowest BCUT2D eigenvalue weighted by molar-refractivity contribution is 0.0542. The molecule has 6 rings (SSSR count). The zero-order valence-corrected chi connectivity index (χ0v) is 23.6. The second kappa shape index (κ2) is 11.6. The SMILES string of the molecule is CCOc1nc(-c2ccc(F)cc2)c(C2CC2)cc1CN1CCC(N2CCc3ncc(C(=O)OC)cc3C2=O)CC1. The third-order valence-electron chi connectivity index (χ3n) is 8.37. The minimum Gasteiger partial charge on any atom is -0.478 e. The molecule has 0 atom stereocenters. The molecule has 1 aromatic carbocycles. The summed E-state index contributed by atoms with van der Waals surface area (Å²) in [6.07, 6.45) is 6.17. The molecule has 0 bridgehead atoms. The van der Waals surface area contributed by atoms with E-state index in [1.54, 1.807) is 18.2 Å². The molecule has 3 aromatic rings. The topological polar surface area (TPSA) is 84.9 Å². The van der Waals surface area contributed by atoms with Gasteiger partial charge in [0.1, 0.15) is 5.82 Å². The van der Waals surface area contributed by atoms with Crippen molar-refractivity contribution < 1.29 is 23.5 Å². The third-order valence-corrected chi connectivity index (χ3v) is 8.37. The van der Waals surface area contributed by atoms with E-state index in [9.17, 15) is 14.0 Å². The van der Waals surface area contributed by atoms with Gasteiger partial charge in [0.25, 0.3) is 5.91 Å². The summed E-state index contributed by atoms with van der Waals surface area (Å²) in [7, 11) is 1.32. The van der Waals surface area contributed by atoms with Gasteiger partial charge in [-0.25, -0.2) is 14.2 Å². The van der Waals surface area contributed by atoms with E-state index in [1.165, 1.54) is 31.0 Å². The summed E-state index contributed by atoms with van der Waals surface area (Å²) >= 11 is 0. The summed E-state index contributed by atoms with van der Waals surface area (Å²) in [4.78, 5) is 39.1. The molecule has 0 spiro atoms. The van der Waals surface area contributed by atoms with Crippen molar-refractivity contribution in [1.29, 1.82) is 0 Å². The number of benzene rings is 1. The number of aromatic nitrogens is 2. The van der Waals surface area contributed by atoms with Crippen molar-refractivity contribution in [3.63, 3.8) is 0 Å². The van der Waals surface area contributed by atoms with E-state index in [1.807, 2.05) is 11.8 Å². The Morgan fingerprint density at radius 3 is 2.51 bits per heavy atom. The van der Waals surface area contributed by atoms with E-state index in [4.69, 9.17) is 14.5 Å². The average molecular weight is 559 g/mol. The number of carbonyl (C=O) groups excluding carboxylic acids is 2. The number of rotatable bonds is 8. The number of hydrogen-bond acceptors (Lipinski definition) is 7. The molecule has 214 valence electrons. The fourth-order valence-corrected chi connectivity index (χ4v) is 6.04. The maximum Gasteiger partial charge on any atom is 0.339 e. The normalized spacial score (nSPS) is 17.8. The van der Waals surface area contributed by atoms with Crippen LogP contribution < -0.4 is 4.74 Å². The number of halogens is 1. The Bertz CT molecular complexity index is 1450. The minimum absolute atomic E-state index is 0.0590. The number of amides is 1. The molecule has 4 heterocycles. The standard InChI is InChI=1S/C32H35FN4O4/c1-3-41-30-23(17-26(20-4-5-20)29(35-30)21-6-8-24(33)9-7-21)19-36-13-10-25(11-14-36)37-15-12-28-27(31(37)38)16-22(18-34-28)32(39)40-2/h6-9,16-18,20,25H,3-5,10-15,19H2,1-2H3. The smallest absolute Gasteiger partial charge is 0.339 e. The van der Waals surface area contributed by atoms with Crippen LogP contribution in [0.3, 0.4) is 0 Å². The number of piperidine rings is 1. The Balaban J connectivity index is 1.16. The van der Waals surface area contributed by atoms with Crippen LogP contribution >= 0.6 is 0 Å². The molecule has 2 fully saturated rings. The van der Waals surface area contributed by atoms with Crippen LogP contribution in [0.1, 0.15) is 76.1 Å². The molecule has 0 N–H and O–H groups in total. The predicted molar refractivity (Wildman–Crippen MR) is 151 cm³/mol. The van der Waals surface area contributed by atoms with Crippen molar-refractivity contribution in [2.45, 2.75) is 57.5 Å². The fraction of sp³-hybridized carbons (Fsp3) is 0.438. The quantitative estimate of drug-likeness (QED) is 0.360. The van der Waals surface area contributed by atoms with Crippen molar-refractivity contribution >= 4 is 11.9 Å². The van der Waals surface area contributed by atoms with Gasteiger partial charge in [-0.2, -0.15) is 0 Å². The molecule has 41 heavy (non-hydrogen) atoms. The number of nitrogens with zero attached hydrogens (tertiary/aromatic N) is 4. The lowest BCUT2D eigenvalue weighted by atomic mass is 9.96. The highest BCUT2D eigenvalue weighted by Crippen LogP contribution is 2.45. The molecule has 3 aliphatic rings. The van der Waals surface area contributed by atoms with Gasteiger partial charge in [-0.1, -0.05) is 0 Å². The number of pyridine rings is 2. The molecule has 1 aliphatic carbocycles. The van der Waals surface area contributed by atoms with E-state index in [0.717, 1.165) is 67.8 Å². The van der Waals surface area contributed by atoms with E-state index >= 15 is 0 Å². The van der Waals surface area contributed by atoms with Crippen LogP contribution in [0.15, 0.2) is 42.6 Å². The van der Waals surface area contributed by atoms with Crippen molar-refractivity contribution in [1.82, 2.24) is 19.8 Å².